The molecule has 3 heteroatoms. The molecule has 0 bridgehead atoms. The van der Waals surface area contributed by atoms with E-state index in [1.54, 1.807) is 0 Å². The van der Waals surface area contributed by atoms with Crippen LogP contribution in [0, 0.1) is 11.8 Å². The van der Waals surface area contributed by atoms with Crippen LogP contribution in [0.3, 0.4) is 0 Å². The van der Waals surface area contributed by atoms with E-state index in [2.05, 4.69) is 19.2 Å². The van der Waals surface area contributed by atoms with Crippen molar-refractivity contribution in [1.29, 1.82) is 0 Å². The van der Waals surface area contributed by atoms with Gasteiger partial charge < -0.3 is 10.2 Å². The summed E-state index contributed by atoms with van der Waals surface area (Å²) in [6, 6.07) is 0.512. The lowest BCUT2D eigenvalue weighted by molar-refractivity contribution is -0.135. The summed E-state index contributed by atoms with van der Waals surface area (Å²) in [4.78, 5) is 14.5. The molecule has 0 radical (unpaired) electrons. The molecule has 17 heavy (non-hydrogen) atoms. The van der Waals surface area contributed by atoms with E-state index in [4.69, 9.17) is 0 Å². The van der Waals surface area contributed by atoms with Crippen molar-refractivity contribution in [3.8, 4) is 0 Å². The minimum absolute atomic E-state index is 0.105. The van der Waals surface area contributed by atoms with Gasteiger partial charge in [-0.15, -0.1) is 0 Å². The van der Waals surface area contributed by atoms with E-state index in [9.17, 15) is 4.79 Å². The van der Waals surface area contributed by atoms with E-state index >= 15 is 0 Å². The van der Waals surface area contributed by atoms with E-state index in [1.165, 1.54) is 19.3 Å². The average Bonchev–Trinajstić information content (AvgIpc) is 2.91. The van der Waals surface area contributed by atoms with Crippen LogP contribution in [-0.4, -0.2) is 36.5 Å². The smallest absolute Gasteiger partial charge is 0.239 e. The van der Waals surface area contributed by atoms with Crippen LogP contribution < -0.4 is 5.32 Å². The van der Waals surface area contributed by atoms with Crippen LogP contribution in [0.15, 0.2) is 0 Å². The molecule has 0 aromatic rings. The number of hydrogen-bond donors (Lipinski definition) is 1. The minimum atomic E-state index is 0.105. The fourth-order valence-corrected chi connectivity index (χ4v) is 3.69. The second-order valence-corrected chi connectivity index (χ2v) is 5.66. The SMILES string of the molecule is CCC(CC)N(C)C(=O)C1NCC2CCCC21. The predicted molar refractivity (Wildman–Crippen MR) is 69.8 cm³/mol. The number of carbonyl (C=O) groups is 1. The molecule has 0 spiro atoms. The van der Waals surface area contributed by atoms with Crippen molar-refractivity contribution in [2.45, 2.75) is 58.0 Å². The third kappa shape index (κ3) is 2.35. The van der Waals surface area contributed by atoms with E-state index in [0.29, 0.717) is 17.9 Å². The first kappa shape index (κ1) is 12.9. The predicted octanol–water partition coefficient (Wildman–Crippen LogP) is 2.02. The van der Waals surface area contributed by atoms with Crippen molar-refractivity contribution in [2.24, 2.45) is 11.8 Å². The molecular formula is C14H26N2O. The number of amides is 1. The van der Waals surface area contributed by atoms with Gasteiger partial charge in [-0.25, -0.2) is 0 Å². The minimum Gasteiger partial charge on any atom is -0.341 e. The average molecular weight is 238 g/mol. The quantitative estimate of drug-likeness (QED) is 0.812. The third-order valence-electron chi connectivity index (χ3n) is 4.85. The lowest BCUT2D eigenvalue weighted by Crippen LogP contribution is -2.48. The van der Waals surface area contributed by atoms with Crippen LogP contribution in [-0.2, 0) is 4.79 Å². The summed E-state index contributed by atoms with van der Waals surface area (Å²) in [7, 11) is 1.98. The van der Waals surface area contributed by atoms with Gasteiger partial charge >= 0.3 is 0 Å². The van der Waals surface area contributed by atoms with Crippen LogP contribution in [0.2, 0.25) is 0 Å². The summed E-state index contributed by atoms with van der Waals surface area (Å²) in [5.41, 5.74) is 0. The fraction of sp³-hybridized carbons (Fsp3) is 0.929. The maximum atomic E-state index is 12.5. The Hall–Kier alpha value is -0.570. The zero-order chi connectivity index (χ0) is 12.4. The molecule has 1 amide bonds. The molecule has 1 aliphatic heterocycles. The molecule has 1 N–H and O–H groups in total. The van der Waals surface area contributed by atoms with Gasteiger partial charge in [0.15, 0.2) is 0 Å². The van der Waals surface area contributed by atoms with Crippen molar-refractivity contribution in [3.05, 3.63) is 0 Å². The summed E-state index contributed by atoms with van der Waals surface area (Å²) in [5, 5.41) is 3.45. The molecule has 0 aromatic heterocycles. The Balaban J connectivity index is 1.99. The monoisotopic (exact) mass is 238 g/mol. The number of carbonyl (C=O) groups excluding carboxylic acids is 1. The molecule has 1 aliphatic carbocycles. The van der Waals surface area contributed by atoms with Crippen molar-refractivity contribution >= 4 is 5.91 Å². The molecule has 2 fully saturated rings. The first-order valence-electron chi connectivity index (χ1n) is 7.19. The van der Waals surface area contributed by atoms with Crippen molar-refractivity contribution in [2.75, 3.05) is 13.6 Å². The fourth-order valence-electron chi connectivity index (χ4n) is 3.69. The van der Waals surface area contributed by atoms with Crippen LogP contribution in [0.1, 0.15) is 46.0 Å². The van der Waals surface area contributed by atoms with Gasteiger partial charge in [0.25, 0.3) is 0 Å². The summed E-state index contributed by atoms with van der Waals surface area (Å²) in [6.07, 6.45) is 5.98. The van der Waals surface area contributed by atoms with Crippen LogP contribution in [0.4, 0.5) is 0 Å². The first-order chi connectivity index (χ1) is 8.19. The van der Waals surface area contributed by atoms with Gasteiger partial charge in [-0.05, 0) is 44.1 Å². The van der Waals surface area contributed by atoms with Gasteiger partial charge in [0.1, 0.15) is 0 Å². The molecule has 1 saturated heterocycles. The van der Waals surface area contributed by atoms with Gasteiger partial charge in [0, 0.05) is 13.1 Å². The van der Waals surface area contributed by atoms with E-state index < -0.39 is 0 Å². The molecule has 1 heterocycles. The van der Waals surface area contributed by atoms with Gasteiger partial charge in [0.2, 0.25) is 5.91 Å². The van der Waals surface area contributed by atoms with E-state index in [-0.39, 0.29) is 6.04 Å². The highest BCUT2D eigenvalue weighted by Crippen LogP contribution is 2.38. The molecule has 3 atom stereocenters. The van der Waals surface area contributed by atoms with Crippen LogP contribution in [0.5, 0.6) is 0 Å². The molecule has 3 unspecified atom stereocenters. The lowest BCUT2D eigenvalue weighted by Gasteiger charge is -2.30. The maximum absolute atomic E-state index is 12.5. The lowest BCUT2D eigenvalue weighted by atomic mass is 9.93. The van der Waals surface area contributed by atoms with Crippen LogP contribution >= 0.6 is 0 Å². The molecule has 3 nitrogen and oxygen atoms in total. The normalized spacial score (nSPS) is 31.9. The molecule has 0 aromatic carbocycles. The van der Waals surface area contributed by atoms with E-state index in [0.717, 1.165) is 25.3 Å². The number of fused-ring (bicyclic) bond motifs is 1. The van der Waals surface area contributed by atoms with Crippen molar-refractivity contribution in [1.82, 2.24) is 10.2 Å². The Morgan fingerprint density at radius 2 is 2.06 bits per heavy atom. The Morgan fingerprint density at radius 3 is 2.71 bits per heavy atom. The number of nitrogens with one attached hydrogen (secondary N) is 1. The van der Waals surface area contributed by atoms with Gasteiger partial charge in [-0.3, -0.25) is 4.79 Å². The van der Waals surface area contributed by atoms with Crippen LogP contribution in [0.25, 0.3) is 0 Å². The molecular weight excluding hydrogens is 212 g/mol. The van der Waals surface area contributed by atoms with Crippen molar-refractivity contribution in [3.63, 3.8) is 0 Å². The van der Waals surface area contributed by atoms with Gasteiger partial charge in [0.05, 0.1) is 6.04 Å². The summed E-state index contributed by atoms with van der Waals surface area (Å²) in [5.74, 6) is 1.70. The molecule has 2 aliphatic rings. The highest BCUT2D eigenvalue weighted by Gasteiger charge is 2.43. The number of hydrogen-bond acceptors (Lipinski definition) is 2. The Morgan fingerprint density at radius 1 is 1.35 bits per heavy atom. The molecule has 1 saturated carbocycles. The Bertz CT molecular complexity index is 275. The van der Waals surface area contributed by atoms with Gasteiger partial charge in [-0.1, -0.05) is 20.3 Å². The summed E-state index contributed by atoms with van der Waals surface area (Å²) in [6.45, 7) is 5.38. The Labute approximate surface area is 105 Å². The summed E-state index contributed by atoms with van der Waals surface area (Å²) < 4.78 is 0. The maximum Gasteiger partial charge on any atom is 0.239 e. The Kier molecular flexibility index (Phi) is 4.08. The number of nitrogens with zero attached hydrogens (tertiary/aromatic N) is 1. The number of likely N-dealkylation sites (N-methyl/N-ethyl adjacent to an activating group) is 1. The topological polar surface area (TPSA) is 32.3 Å². The standard InChI is InChI=1S/C14H26N2O/c1-4-11(5-2)16(3)14(17)13-12-8-6-7-10(12)9-15-13/h10-13,15H,4-9H2,1-3H3. The highest BCUT2D eigenvalue weighted by atomic mass is 16.2. The summed E-state index contributed by atoms with van der Waals surface area (Å²) >= 11 is 0. The zero-order valence-corrected chi connectivity index (χ0v) is 11.4. The zero-order valence-electron chi connectivity index (χ0n) is 11.4. The second-order valence-electron chi connectivity index (χ2n) is 5.66. The van der Waals surface area contributed by atoms with Crippen molar-refractivity contribution < 1.29 is 4.79 Å². The third-order valence-corrected chi connectivity index (χ3v) is 4.85. The first-order valence-corrected chi connectivity index (χ1v) is 7.19. The van der Waals surface area contributed by atoms with E-state index in [1.807, 2.05) is 11.9 Å². The highest BCUT2D eigenvalue weighted by molar-refractivity contribution is 5.82. The number of rotatable bonds is 4. The second kappa shape index (κ2) is 5.38. The van der Waals surface area contributed by atoms with Gasteiger partial charge in [-0.2, -0.15) is 0 Å². The molecule has 98 valence electrons. The largest absolute Gasteiger partial charge is 0.341 e. The molecule has 2 rings (SSSR count).